The molecule has 0 spiro atoms. The number of rotatable bonds is 7. The van der Waals surface area contributed by atoms with E-state index in [4.69, 9.17) is 11.6 Å². The second-order valence-corrected chi connectivity index (χ2v) is 10.2. The van der Waals surface area contributed by atoms with E-state index in [1.807, 2.05) is 6.08 Å². The van der Waals surface area contributed by atoms with Gasteiger partial charge >= 0.3 is 5.97 Å². The second-order valence-electron chi connectivity index (χ2n) is 9.81. The summed E-state index contributed by atoms with van der Waals surface area (Å²) in [4.78, 5) is 28.9. The van der Waals surface area contributed by atoms with Crippen molar-refractivity contribution in [3.63, 3.8) is 0 Å². The second kappa shape index (κ2) is 10.2. The maximum Gasteiger partial charge on any atom is 0.374 e. The van der Waals surface area contributed by atoms with Gasteiger partial charge in [0.2, 0.25) is 5.82 Å². The maximum atomic E-state index is 16.7. The van der Waals surface area contributed by atoms with E-state index in [0.717, 1.165) is 25.7 Å². The summed E-state index contributed by atoms with van der Waals surface area (Å²) in [5.74, 6) is -2.02. The fraction of sp³-hybridized carbons (Fsp3) is 0.321. The number of aromatic carboxylic acids is 1. The smallest absolute Gasteiger partial charge is 0.374 e. The number of pyridine rings is 1. The summed E-state index contributed by atoms with van der Waals surface area (Å²) >= 11 is 6.19. The molecule has 10 heteroatoms. The molecule has 0 bridgehead atoms. The zero-order chi connectivity index (χ0) is 27.0. The Labute approximate surface area is 223 Å². The van der Waals surface area contributed by atoms with Crippen LogP contribution >= 0.6 is 11.6 Å². The number of carboxylic acid groups (broad SMARTS) is 1. The fourth-order valence-electron chi connectivity index (χ4n) is 5.24. The van der Waals surface area contributed by atoms with Crippen molar-refractivity contribution in [3.05, 3.63) is 83.4 Å². The molecule has 1 aromatic carbocycles. The van der Waals surface area contributed by atoms with Crippen molar-refractivity contribution in [1.29, 1.82) is 0 Å². The molecule has 1 unspecified atom stereocenters. The Kier molecular flexibility index (Phi) is 6.96. The van der Waals surface area contributed by atoms with E-state index in [2.05, 4.69) is 26.5 Å². The summed E-state index contributed by atoms with van der Waals surface area (Å²) in [7, 11) is 0. The van der Waals surface area contributed by atoms with Crippen LogP contribution in [0.1, 0.15) is 54.6 Å². The third kappa shape index (κ3) is 4.78. The number of alkyl halides is 1. The largest absolute Gasteiger partial charge is 0.475 e. The van der Waals surface area contributed by atoms with Crippen LogP contribution in [0.4, 0.5) is 8.78 Å². The van der Waals surface area contributed by atoms with Gasteiger partial charge in [0, 0.05) is 30.1 Å². The summed E-state index contributed by atoms with van der Waals surface area (Å²) in [5.41, 5.74) is -1.53. The molecule has 1 aliphatic rings. The Morgan fingerprint density at radius 2 is 1.95 bits per heavy atom. The minimum Gasteiger partial charge on any atom is -0.475 e. The topological polar surface area (TPSA) is 93.8 Å². The Balaban J connectivity index is 1.77. The third-order valence-electron chi connectivity index (χ3n) is 7.24. The fourth-order valence-corrected chi connectivity index (χ4v) is 5.41. The molecule has 1 aliphatic carbocycles. The highest BCUT2D eigenvalue weighted by Crippen LogP contribution is 2.40. The van der Waals surface area contributed by atoms with Gasteiger partial charge in [-0.1, -0.05) is 35.9 Å². The van der Waals surface area contributed by atoms with E-state index < -0.39 is 23.3 Å². The summed E-state index contributed by atoms with van der Waals surface area (Å²) in [5, 5.41) is 10.0. The van der Waals surface area contributed by atoms with Gasteiger partial charge in [0.15, 0.2) is 17.1 Å². The van der Waals surface area contributed by atoms with Crippen molar-refractivity contribution in [3.8, 4) is 11.3 Å². The average Bonchev–Trinajstić information content (AvgIpc) is 3.28. The lowest BCUT2D eigenvalue weighted by Gasteiger charge is -2.29. The molecule has 1 atom stereocenters. The molecule has 1 N–H and O–H groups in total. The first-order valence-corrected chi connectivity index (χ1v) is 12.8. The minimum atomic E-state index is -2.35. The number of carbonyl (C=O) groups is 1. The molecule has 196 valence electrons. The number of aromatic nitrogens is 5. The van der Waals surface area contributed by atoms with Crippen molar-refractivity contribution in [2.45, 2.75) is 44.8 Å². The van der Waals surface area contributed by atoms with Crippen LogP contribution in [0, 0.1) is 17.7 Å². The van der Waals surface area contributed by atoms with E-state index in [-0.39, 0.29) is 28.6 Å². The van der Waals surface area contributed by atoms with Gasteiger partial charge in [0.25, 0.3) is 0 Å². The van der Waals surface area contributed by atoms with Gasteiger partial charge in [-0.15, -0.1) is 6.58 Å². The maximum absolute atomic E-state index is 16.7. The monoisotopic (exact) mass is 537 g/mol. The SMILES string of the molecule is C=CC1CCC(Cn2c(C(C)(F)c3ccccc3F)nc3nc(C(=O)O)nc(-c4cncc(Cl)c4)c32)CC1. The molecule has 0 saturated heterocycles. The predicted molar refractivity (Wildman–Crippen MR) is 140 cm³/mol. The van der Waals surface area contributed by atoms with Gasteiger partial charge < -0.3 is 9.67 Å². The lowest BCUT2D eigenvalue weighted by molar-refractivity contribution is 0.0684. The van der Waals surface area contributed by atoms with Crippen molar-refractivity contribution >= 4 is 28.7 Å². The predicted octanol–water partition coefficient (Wildman–Crippen LogP) is 6.60. The molecule has 3 aromatic heterocycles. The molecule has 1 fully saturated rings. The summed E-state index contributed by atoms with van der Waals surface area (Å²) < 4.78 is 33.2. The van der Waals surface area contributed by atoms with Gasteiger partial charge in [-0.05, 0) is 56.6 Å². The molecule has 0 aliphatic heterocycles. The van der Waals surface area contributed by atoms with Gasteiger partial charge in [-0.2, -0.15) is 0 Å². The molecule has 3 heterocycles. The first-order chi connectivity index (χ1) is 18.2. The number of imidazole rings is 1. The van der Waals surface area contributed by atoms with Crippen LogP contribution in [-0.4, -0.2) is 35.6 Å². The molecule has 0 amide bonds. The van der Waals surface area contributed by atoms with Gasteiger partial charge in [-0.3, -0.25) is 4.98 Å². The number of nitrogens with zero attached hydrogens (tertiary/aromatic N) is 5. The highest BCUT2D eigenvalue weighted by atomic mass is 35.5. The molecule has 4 aromatic rings. The average molecular weight is 538 g/mol. The van der Waals surface area contributed by atoms with Crippen molar-refractivity contribution < 1.29 is 18.7 Å². The quantitative estimate of drug-likeness (QED) is 0.267. The van der Waals surface area contributed by atoms with E-state index in [1.165, 1.54) is 37.5 Å². The Morgan fingerprint density at radius 1 is 1.21 bits per heavy atom. The minimum absolute atomic E-state index is 0.00219. The van der Waals surface area contributed by atoms with Crippen LogP contribution in [0.15, 0.2) is 55.4 Å². The molecule has 1 saturated carbocycles. The molecular formula is C28H26ClF2N5O2. The number of benzene rings is 1. The summed E-state index contributed by atoms with van der Waals surface area (Å²) in [6, 6.07) is 7.22. The van der Waals surface area contributed by atoms with Crippen LogP contribution in [0.2, 0.25) is 5.02 Å². The number of allylic oxidation sites excluding steroid dienone is 1. The highest BCUT2D eigenvalue weighted by Gasteiger charge is 2.39. The number of carboxylic acids is 1. The highest BCUT2D eigenvalue weighted by molar-refractivity contribution is 6.30. The Morgan fingerprint density at radius 3 is 2.61 bits per heavy atom. The van der Waals surface area contributed by atoms with Gasteiger partial charge in [0.1, 0.15) is 17.0 Å². The van der Waals surface area contributed by atoms with Crippen molar-refractivity contribution in [2.75, 3.05) is 0 Å². The van der Waals surface area contributed by atoms with Crippen LogP contribution in [0.25, 0.3) is 22.4 Å². The molecule has 5 rings (SSSR count). The van der Waals surface area contributed by atoms with Gasteiger partial charge in [-0.25, -0.2) is 28.5 Å². The van der Waals surface area contributed by atoms with E-state index in [1.54, 1.807) is 16.7 Å². The number of hydrogen-bond acceptors (Lipinski definition) is 5. The van der Waals surface area contributed by atoms with Crippen LogP contribution in [-0.2, 0) is 12.2 Å². The normalized spacial score (nSPS) is 19.3. The first kappa shape index (κ1) is 25.9. The number of hydrogen-bond donors (Lipinski definition) is 1. The van der Waals surface area contributed by atoms with Crippen LogP contribution in [0.3, 0.4) is 0 Å². The van der Waals surface area contributed by atoms with Crippen molar-refractivity contribution in [1.82, 2.24) is 24.5 Å². The van der Waals surface area contributed by atoms with E-state index >= 15 is 4.39 Å². The lowest BCUT2D eigenvalue weighted by atomic mass is 9.82. The lowest BCUT2D eigenvalue weighted by Crippen LogP contribution is -2.27. The molecule has 7 nitrogen and oxygen atoms in total. The van der Waals surface area contributed by atoms with Gasteiger partial charge in [0.05, 0.1) is 5.02 Å². The van der Waals surface area contributed by atoms with E-state index in [9.17, 15) is 14.3 Å². The first-order valence-electron chi connectivity index (χ1n) is 12.4. The zero-order valence-electron chi connectivity index (χ0n) is 20.7. The number of halogens is 3. The Bertz CT molecular complexity index is 1530. The summed E-state index contributed by atoms with van der Waals surface area (Å²) in [6.07, 6.45) is 8.61. The molecule has 0 radical (unpaired) electrons. The zero-order valence-corrected chi connectivity index (χ0v) is 21.5. The van der Waals surface area contributed by atoms with Crippen molar-refractivity contribution in [2.24, 2.45) is 11.8 Å². The molecule has 38 heavy (non-hydrogen) atoms. The van der Waals surface area contributed by atoms with Crippen LogP contribution < -0.4 is 0 Å². The standard InChI is InChI=1S/C28H26ClF2N5O2/c1-3-16-8-10-17(11-9-16)15-36-23-22(18-12-19(29)14-32-13-18)33-25(26(37)38)34-24(23)35-27(36)28(2,31)20-6-4-5-7-21(20)30/h3-7,12-14,16-17H,1,8-11,15H2,2H3,(H,37,38). The van der Waals surface area contributed by atoms with E-state index in [0.29, 0.717) is 28.6 Å². The number of fused-ring (bicyclic) bond motifs is 1. The molecular weight excluding hydrogens is 512 g/mol. The summed E-state index contributed by atoms with van der Waals surface area (Å²) in [6.45, 7) is 5.54. The van der Waals surface area contributed by atoms with Crippen LogP contribution in [0.5, 0.6) is 0 Å². The Hall–Kier alpha value is -3.72. The third-order valence-corrected chi connectivity index (χ3v) is 7.44.